The normalized spacial score (nSPS) is 30.1. The van der Waals surface area contributed by atoms with Gasteiger partial charge in [0, 0.05) is 6.42 Å². The third-order valence-electron chi connectivity index (χ3n) is 3.88. The van der Waals surface area contributed by atoms with Gasteiger partial charge in [-0.2, -0.15) is 0 Å². The van der Waals surface area contributed by atoms with E-state index in [1.54, 1.807) is 0 Å². The van der Waals surface area contributed by atoms with Crippen molar-refractivity contribution < 1.29 is 14.3 Å². The van der Waals surface area contributed by atoms with Gasteiger partial charge in [0.05, 0.1) is 12.2 Å². The van der Waals surface area contributed by atoms with Crippen molar-refractivity contribution in [2.45, 2.75) is 70.2 Å². The fraction of sp³-hybridized carbons (Fsp3) is 0.929. The number of rotatable bonds is 4. The van der Waals surface area contributed by atoms with Crippen molar-refractivity contribution >= 4 is 5.97 Å². The molecule has 2 aliphatic rings. The first kappa shape index (κ1) is 13.8. The zero-order chi connectivity index (χ0) is 12.8. The molecule has 4 nitrogen and oxygen atoms in total. The fourth-order valence-electron chi connectivity index (χ4n) is 2.76. The molecule has 0 bridgehead atoms. The van der Waals surface area contributed by atoms with Gasteiger partial charge in [-0.25, -0.2) is 0 Å². The molecule has 0 radical (unpaired) electrons. The largest absolute Gasteiger partial charge is 0.462 e. The standard InChI is InChI=1S/C14H25NO3/c1-2-14(16)18-12-5-3-11(4-6-12)17-13-7-9-15-10-8-13/h11-13,15H,2-10H2,1H3. The summed E-state index contributed by atoms with van der Waals surface area (Å²) in [6.45, 7) is 4.00. The van der Waals surface area contributed by atoms with Crippen LogP contribution < -0.4 is 5.32 Å². The first-order chi connectivity index (χ1) is 8.78. The molecule has 1 saturated heterocycles. The fourth-order valence-corrected chi connectivity index (χ4v) is 2.76. The predicted octanol–water partition coefficient (Wildman–Crippen LogP) is 2.02. The Morgan fingerprint density at radius 3 is 2.17 bits per heavy atom. The second-order valence-corrected chi connectivity index (χ2v) is 5.33. The van der Waals surface area contributed by atoms with Gasteiger partial charge in [-0.05, 0) is 51.6 Å². The van der Waals surface area contributed by atoms with Crippen molar-refractivity contribution in [2.75, 3.05) is 13.1 Å². The number of hydrogen-bond donors (Lipinski definition) is 1. The van der Waals surface area contributed by atoms with Crippen LogP contribution >= 0.6 is 0 Å². The Balaban J connectivity index is 1.65. The molecule has 0 atom stereocenters. The summed E-state index contributed by atoms with van der Waals surface area (Å²) in [4.78, 5) is 11.2. The van der Waals surface area contributed by atoms with Crippen LogP contribution in [0.25, 0.3) is 0 Å². The van der Waals surface area contributed by atoms with Crippen LogP contribution in [0.15, 0.2) is 0 Å². The summed E-state index contributed by atoms with van der Waals surface area (Å²) in [5.74, 6) is -0.0716. The first-order valence-electron chi connectivity index (χ1n) is 7.33. The molecule has 0 spiro atoms. The molecule has 0 aromatic carbocycles. The van der Waals surface area contributed by atoms with E-state index in [4.69, 9.17) is 9.47 Å². The Morgan fingerprint density at radius 2 is 1.56 bits per heavy atom. The van der Waals surface area contributed by atoms with Crippen molar-refractivity contribution in [3.8, 4) is 0 Å². The third kappa shape index (κ3) is 4.25. The molecule has 1 N–H and O–H groups in total. The summed E-state index contributed by atoms with van der Waals surface area (Å²) in [6, 6.07) is 0. The number of carbonyl (C=O) groups excluding carboxylic acids is 1. The number of carbonyl (C=O) groups is 1. The topological polar surface area (TPSA) is 47.6 Å². The predicted molar refractivity (Wildman–Crippen MR) is 69.4 cm³/mol. The molecule has 1 aliphatic heterocycles. The molecular formula is C14H25NO3. The van der Waals surface area contributed by atoms with Crippen LogP contribution in [0.3, 0.4) is 0 Å². The van der Waals surface area contributed by atoms with Crippen molar-refractivity contribution in [1.29, 1.82) is 0 Å². The monoisotopic (exact) mass is 255 g/mol. The summed E-state index contributed by atoms with van der Waals surface area (Å²) in [5.41, 5.74) is 0. The Morgan fingerprint density at radius 1 is 1.00 bits per heavy atom. The van der Waals surface area contributed by atoms with E-state index >= 15 is 0 Å². The third-order valence-corrected chi connectivity index (χ3v) is 3.88. The second-order valence-electron chi connectivity index (χ2n) is 5.33. The molecule has 0 aromatic rings. The van der Waals surface area contributed by atoms with Crippen molar-refractivity contribution in [3.63, 3.8) is 0 Å². The van der Waals surface area contributed by atoms with Crippen LogP contribution in [0.1, 0.15) is 51.9 Å². The Labute approximate surface area is 109 Å². The zero-order valence-corrected chi connectivity index (χ0v) is 11.3. The minimum atomic E-state index is -0.0716. The number of esters is 1. The summed E-state index contributed by atoms with van der Waals surface area (Å²) in [5, 5.41) is 3.35. The van der Waals surface area contributed by atoms with Crippen LogP contribution in [-0.2, 0) is 14.3 Å². The van der Waals surface area contributed by atoms with Gasteiger partial charge in [0.15, 0.2) is 0 Å². The molecule has 0 amide bonds. The Kier molecular flexibility index (Phi) is 5.45. The summed E-state index contributed by atoms with van der Waals surface area (Å²) in [6.07, 6.45) is 7.67. The average Bonchev–Trinajstić information content (AvgIpc) is 2.42. The Bertz CT molecular complexity index is 256. The van der Waals surface area contributed by atoms with Crippen LogP contribution in [0.5, 0.6) is 0 Å². The highest BCUT2D eigenvalue weighted by Crippen LogP contribution is 2.26. The van der Waals surface area contributed by atoms with Gasteiger partial charge in [0.25, 0.3) is 0 Å². The molecule has 0 unspecified atom stereocenters. The SMILES string of the molecule is CCC(=O)OC1CCC(OC2CCNCC2)CC1. The molecule has 104 valence electrons. The van der Waals surface area contributed by atoms with Gasteiger partial charge in [0.1, 0.15) is 6.10 Å². The number of piperidine rings is 1. The van der Waals surface area contributed by atoms with E-state index in [0.29, 0.717) is 18.6 Å². The number of nitrogens with one attached hydrogen (secondary N) is 1. The zero-order valence-electron chi connectivity index (χ0n) is 11.3. The molecular weight excluding hydrogens is 230 g/mol. The van der Waals surface area contributed by atoms with Crippen LogP contribution in [0.2, 0.25) is 0 Å². The van der Waals surface area contributed by atoms with E-state index < -0.39 is 0 Å². The van der Waals surface area contributed by atoms with Gasteiger partial charge in [-0.1, -0.05) is 6.92 Å². The van der Waals surface area contributed by atoms with Gasteiger partial charge in [0.2, 0.25) is 0 Å². The first-order valence-corrected chi connectivity index (χ1v) is 7.33. The summed E-state index contributed by atoms with van der Waals surface area (Å²) >= 11 is 0. The molecule has 0 aromatic heterocycles. The maximum Gasteiger partial charge on any atom is 0.305 e. The van der Waals surface area contributed by atoms with Gasteiger partial charge >= 0.3 is 5.97 Å². The van der Waals surface area contributed by atoms with Crippen LogP contribution in [0, 0.1) is 0 Å². The number of ether oxygens (including phenoxy) is 2. The van der Waals surface area contributed by atoms with E-state index in [9.17, 15) is 4.79 Å². The van der Waals surface area contributed by atoms with Gasteiger partial charge in [-0.15, -0.1) is 0 Å². The lowest BCUT2D eigenvalue weighted by atomic mass is 9.94. The van der Waals surface area contributed by atoms with Crippen LogP contribution in [0.4, 0.5) is 0 Å². The van der Waals surface area contributed by atoms with Crippen molar-refractivity contribution in [2.24, 2.45) is 0 Å². The maximum atomic E-state index is 11.2. The summed E-state index contributed by atoms with van der Waals surface area (Å²) < 4.78 is 11.5. The lowest BCUT2D eigenvalue weighted by Gasteiger charge is -2.32. The van der Waals surface area contributed by atoms with E-state index in [2.05, 4.69) is 5.32 Å². The molecule has 1 saturated carbocycles. The Hall–Kier alpha value is -0.610. The minimum absolute atomic E-state index is 0.0716. The van der Waals surface area contributed by atoms with E-state index in [-0.39, 0.29) is 12.1 Å². The second kappa shape index (κ2) is 7.10. The van der Waals surface area contributed by atoms with Crippen LogP contribution in [-0.4, -0.2) is 37.4 Å². The molecule has 4 heteroatoms. The van der Waals surface area contributed by atoms with E-state index in [0.717, 1.165) is 51.6 Å². The quantitative estimate of drug-likeness (QED) is 0.781. The minimum Gasteiger partial charge on any atom is -0.462 e. The lowest BCUT2D eigenvalue weighted by Crippen LogP contribution is -2.36. The highest BCUT2D eigenvalue weighted by Gasteiger charge is 2.26. The van der Waals surface area contributed by atoms with Gasteiger partial charge < -0.3 is 14.8 Å². The molecule has 2 rings (SSSR count). The highest BCUT2D eigenvalue weighted by molar-refractivity contribution is 5.69. The average molecular weight is 255 g/mol. The van der Waals surface area contributed by atoms with Crippen molar-refractivity contribution in [3.05, 3.63) is 0 Å². The van der Waals surface area contributed by atoms with E-state index in [1.807, 2.05) is 6.92 Å². The molecule has 18 heavy (non-hydrogen) atoms. The van der Waals surface area contributed by atoms with Gasteiger partial charge in [-0.3, -0.25) is 4.79 Å². The van der Waals surface area contributed by atoms with E-state index in [1.165, 1.54) is 0 Å². The summed E-state index contributed by atoms with van der Waals surface area (Å²) in [7, 11) is 0. The smallest absolute Gasteiger partial charge is 0.305 e. The highest BCUT2D eigenvalue weighted by atomic mass is 16.5. The molecule has 1 heterocycles. The molecule has 1 aliphatic carbocycles. The maximum absolute atomic E-state index is 11.2. The lowest BCUT2D eigenvalue weighted by molar-refractivity contribution is -0.152. The number of hydrogen-bond acceptors (Lipinski definition) is 4. The van der Waals surface area contributed by atoms with Crippen molar-refractivity contribution in [1.82, 2.24) is 5.32 Å². The molecule has 2 fully saturated rings.